The van der Waals surface area contributed by atoms with Crippen LogP contribution < -0.4 is 21.2 Å². The zero-order valence-corrected chi connectivity index (χ0v) is 18.8. The van der Waals surface area contributed by atoms with Gasteiger partial charge in [0.2, 0.25) is 5.91 Å². The van der Waals surface area contributed by atoms with E-state index in [0.717, 1.165) is 10.2 Å². The Hall–Kier alpha value is -4.60. The van der Waals surface area contributed by atoms with Gasteiger partial charge in [0.15, 0.2) is 0 Å². The largest absolute Gasteiger partial charge is 0.497 e. The first kappa shape index (κ1) is 23.6. The lowest BCUT2D eigenvalue weighted by atomic mass is 10.1. The number of ether oxygens (including phenoxy) is 1. The van der Waals surface area contributed by atoms with Crippen LogP contribution in [0.2, 0.25) is 0 Å². The van der Waals surface area contributed by atoms with Crippen molar-refractivity contribution in [1.29, 1.82) is 0 Å². The molecule has 0 fully saturated rings. The second kappa shape index (κ2) is 10.6. The predicted molar refractivity (Wildman–Crippen MR) is 127 cm³/mol. The number of amides is 1. The van der Waals surface area contributed by atoms with Crippen molar-refractivity contribution < 1.29 is 13.9 Å². The molecular formula is C25H22FN5O4. The number of rotatable bonds is 8. The van der Waals surface area contributed by atoms with Gasteiger partial charge in [-0.2, -0.15) is 10.2 Å². The summed E-state index contributed by atoms with van der Waals surface area (Å²) in [7, 11) is 1.56. The lowest BCUT2D eigenvalue weighted by Crippen LogP contribution is -2.36. The van der Waals surface area contributed by atoms with Crippen molar-refractivity contribution in [3.05, 3.63) is 99.3 Å². The molecule has 9 nitrogen and oxygen atoms in total. The lowest BCUT2D eigenvalue weighted by molar-refractivity contribution is -0.121. The number of halogens is 1. The van der Waals surface area contributed by atoms with E-state index in [0.29, 0.717) is 22.7 Å². The Morgan fingerprint density at radius 2 is 1.54 bits per heavy atom. The van der Waals surface area contributed by atoms with Gasteiger partial charge in [-0.1, -0.05) is 12.1 Å². The van der Waals surface area contributed by atoms with Crippen LogP contribution in [-0.4, -0.2) is 39.1 Å². The van der Waals surface area contributed by atoms with Gasteiger partial charge < -0.3 is 10.1 Å². The van der Waals surface area contributed by atoms with Crippen LogP contribution in [0.3, 0.4) is 0 Å². The van der Waals surface area contributed by atoms with Crippen molar-refractivity contribution in [2.75, 3.05) is 13.7 Å². The molecule has 2 aromatic heterocycles. The topological polar surface area (TPSA) is 108 Å². The fraction of sp³-hybridized carbons (Fsp3) is 0.160. The molecule has 4 rings (SSSR count). The van der Waals surface area contributed by atoms with Crippen LogP contribution in [0.1, 0.15) is 0 Å². The quantitative estimate of drug-likeness (QED) is 0.418. The summed E-state index contributed by atoms with van der Waals surface area (Å²) in [5, 5.41) is 11.2. The van der Waals surface area contributed by atoms with Gasteiger partial charge in [0.1, 0.15) is 18.1 Å². The highest BCUT2D eigenvalue weighted by molar-refractivity contribution is 5.75. The second-order valence-corrected chi connectivity index (χ2v) is 7.58. The highest BCUT2D eigenvalue weighted by Gasteiger charge is 2.10. The van der Waals surface area contributed by atoms with Crippen LogP contribution in [0.25, 0.3) is 22.5 Å². The summed E-state index contributed by atoms with van der Waals surface area (Å²) in [4.78, 5) is 36.8. The number of methoxy groups -OCH3 is 1. The second-order valence-electron chi connectivity index (χ2n) is 7.58. The van der Waals surface area contributed by atoms with Crippen molar-refractivity contribution >= 4 is 5.91 Å². The van der Waals surface area contributed by atoms with E-state index >= 15 is 0 Å². The maximum atomic E-state index is 13.2. The van der Waals surface area contributed by atoms with E-state index in [2.05, 4.69) is 15.5 Å². The first-order valence-corrected chi connectivity index (χ1v) is 10.8. The smallest absolute Gasteiger partial charge is 0.267 e. The molecule has 4 aromatic rings. The molecule has 0 aliphatic carbocycles. The molecule has 35 heavy (non-hydrogen) atoms. The molecule has 10 heteroatoms. The number of hydrogen-bond donors (Lipinski definition) is 1. The predicted octanol–water partition coefficient (Wildman–Crippen LogP) is 2.10. The zero-order valence-electron chi connectivity index (χ0n) is 18.8. The standard InChI is InChI=1S/C25H22FN5O4/c1-35-20-4-2-3-18(15-20)22-10-12-25(34)31(29-22)16-23(32)27-13-14-30-24(33)11-9-21(28-30)17-5-7-19(26)8-6-17/h2-12,15H,13-14,16H2,1H3,(H,27,32). The van der Waals surface area contributed by atoms with Gasteiger partial charge in [-0.25, -0.2) is 13.8 Å². The van der Waals surface area contributed by atoms with Crippen molar-refractivity contribution in [3.63, 3.8) is 0 Å². The maximum Gasteiger partial charge on any atom is 0.267 e. The highest BCUT2D eigenvalue weighted by atomic mass is 19.1. The third kappa shape index (κ3) is 5.85. The van der Waals surface area contributed by atoms with E-state index in [1.807, 2.05) is 6.07 Å². The molecule has 0 radical (unpaired) electrons. The molecule has 0 saturated heterocycles. The molecule has 0 aliphatic rings. The molecule has 1 amide bonds. The third-order valence-corrected chi connectivity index (χ3v) is 5.18. The van der Waals surface area contributed by atoms with Crippen LogP contribution in [0.15, 0.2) is 82.4 Å². The zero-order chi connectivity index (χ0) is 24.8. The van der Waals surface area contributed by atoms with Crippen molar-refractivity contribution in [3.8, 4) is 28.3 Å². The van der Waals surface area contributed by atoms with Crippen molar-refractivity contribution in [2.45, 2.75) is 13.1 Å². The first-order valence-electron chi connectivity index (χ1n) is 10.8. The Morgan fingerprint density at radius 3 is 2.26 bits per heavy atom. The normalized spacial score (nSPS) is 10.7. The third-order valence-electron chi connectivity index (χ3n) is 5.18. The van der Waals surface area contributed by atoms with E-state index in [1.54, 1.807) is 49.6 Å². The fourth-order valence-electron chi connectivity index (χ4n) is 3.38. The van der Waals surface area contributed by atoms with Crippen LogP contribution in [0.4, 0.5) is 4.39 Å². The van der Waals surface area contributed by atoms with E-state index in [1.165, 1.54) is 28.9 Å². The number of aromatic nitrogens is 4. The summed E-state index contributed by atoms with van der Waals surface area (Å²) < 4.78 is 20.7. The first-order chi connectivity index (χ1) is 16.9. The van der Waals surface area contributed by atoms with E-state index in [9.17, 15) is 18.8 Å². The summed E-state index contributed by atoms with van der Waals surface area (Å²) in [5.74, 6) is -0.162. The lowest BCUT2D eigenvalue weighted by Gasteiger charge is -2.10. The highest BCUT2D eigenvalue weighted by Crippen LogP contribution is 2.21. The minimum Gasteiger partial charge on any atom is -0.497 e. The maximum absolute atomic E-state index is 13.2. The van der Waals surface area contributed by atoms with Gasteiger partial charge in [0, 0.05) is 29.8 Å². The van der Waals surface area contributed by atoms with Gasteiger partial charge in [0.25, 0.3) is 11.1 Å². The molecule has 178 valence electrons. The Balaban J connectivity index is 1.40. The van der Waals surface area contributed by atoms with Crippen LogP contribution in [0.5, 0.6) is 5.75 Å². The van der Waals surface area contributed by atoms with Crippen molar-refractivity contribution in [2.24, 2.45) is 0 Å². The Bertz CT molecular complexity index is 1460. The number of hydrogen-bond acceptors (Lipinski definition) is 6. The average Bonchev–Trinajstić information content (AvgIpc) is 2.87. The minimum absolute atomic E-state index is 0.114. The van der Waals surface area contributed by atoms with E-state index in [4.69, 9.17) is 4.74 Å². The van der Waals surface area contributed by atoms with E-state index < -0.39 is 11.5 Å². The Labute approximate surface area is 199 Å². The summed E-state index contributed by atoms with van der Waals surface area (Å²) in [6.45, 7) is -0.0523. The minimum atomic E-state index is -0.440. The number of nitrogens with zero attached hydrogens (tertiary/aromatic N) is 4. The molecule has 0 atom stereocenters. The summed E-state index contributed by atoms with van der Waals surface area (Å²) in [5.41, 5.74) is 1.66. The van der Waals surface area contributed by atoms with Crippen LogP contribution in [-0.2, 0) is 17.9 Å². The number of carbonyl (C=O) groups is 1. The molecule has 2 heterocycles. The molecule has 2 aromatic carbocycles. The van der Waals surface area contributed by atoms with Crippen molar-refractivity contribution in [1.82, 2.24) is 24.9 Å². The number of carbonyl (C=O) groups excluding carboxylic acids is 1. The molecule has 0 unspecified atom stereocenters. The van der Waals surface area contributed by atoms with Crippen LogP contribution >= 0.6 is 0 Å². The molecular weight excluding hydrogens is 453 g/mol. The monoisotopic (exact) mass is 475 g/mol. The Kier molecular flexibility index (Phi) is 7.10. The summed E-state index contributed by atoms with van der Waals surface area (Å²) in [6, 6.07) is 18.8. The van der Waals surface area contributed by atoms with Gasteiger partial charge >= 0.3 is 0 Å². The van der Waals surface area contributed by atoms with Gasteiger partial charge in [-0.3, -0.25) is 14.4 Å². The molecule has 1 N–H and O–H groups in total. The molecule has 0 saturated carbocycles. The SMILES string of the molecule is COc1cccc(-c2ccc(=O)n(CC(=O)NCCn3nc(-c4ccc(F)cc4)ccc3=O)n2)c1. The van der Waals surface area contributed by atoms with E-state index in [-0.39, 0.29) is 31.0 Å². The molecule has 0 bridgehead atoms. The Morgan fingerprint density at radius 1 is 0.886 bits per heavy atom. The molecule has 0 spiro atoms. The fourth-order valence-corrected chi connectivity index (χ4v) is 3.38. The summed E-state index contributed by atoms with van der Waals surface area (Å²) in [6.07, 6.45) is 0. The van der Waals surface area contributed by atoms with Gasteiger partial charge in [-0.15, -0.1) is 0 Å². The number of nitrogens with one attached hydrogen (secondary N) is 1. The molecule has 0 aliphatic heterocycles. The summed E-state index contributed by atoms with van der Waals surface area (Å²) >= 11 is 0. The number of benzene rings is 2. The van der Waals surface area contributed by atoms with Gasteiger partial charge in [-0.05, 0) is 48.5 Å². The van der Waals surface area contributed by atoms with Crippen LogP contribution in [0, 0.1) is 5.82 Å². The average molecular weight is 475 g/mol. The van der Waals surface area contributed by atoms with Gasteiger partial charge in [0.05, 0.1) is 25.0 Å².